The molecule has 2 saturated heterocycles. The number of halogens is 2. The van der Waals surface area contributed by atoms with Gasteiger partial charge in [-0.1, -0.05) is 0 Å². The van der Waals surface area contributed by atoms with Crippen LogP contribution in [0.5, 0.6) is 5.75 Å². The first-order valence-corrected chi connectivity index (χ1v) is 13.5. The number of hydrogen-bond acceptors (Lipinski definition) is 8. The molecule has 2 saturated carbocycles. The van der Waals surface area contributed by atoms with Gasteiger partial charge >= 0.3 is 0 Å². The van der Waals surface area contributed by atoms with Gasteiger partial charge in [-0.3, -0.25) is 9.78 Å². The molecule has 39 heavy (non-hydrogen) atoms. The third-order valence-corrected chi connectivity index (χ3v) is 8.69. The normalized spacial score (nSPS) is 30.2. The third kappa shape index (κ3) is 4.70. The van der Waals surface area contributed by atoms with Crippen molar-refractivity contribution in [1.82, 2.24) is 15.3 Å². The van der Waals surface area contributed by atoms with Gasteiger partial charge in [-0.2, -0.15) is 0 Å². The lowest BCUT2D eigenvalue weighted by atomic mass is 9.66. The Bertz CT molecular complexity index is 1320. The van der Waals surface area contributed by atoms with E-state index in [0.717, 1.165) is 22.9 Å². The number of nitrogens with one attached hydrogen (secondary N) is 1. The fourth-order valence-corrected chi connectivity index (χ4v) is 6.56. The molecule has 2 unspecified atom stereocenters. The van der Waals surface area contributed by atoms with Crippen LogP contribution in [-0.2, 0) is 27.3 Å². The number of carbonyl (C=O) groups excluding carboxylic acids is 1. The van der Waals surface area contributed by atoms with Gasteiger partial charge in [0.25, 0.3) is 0 Å². The van der Waals surface area contributed by atoms with Gasteiger partial charge < -0.3 is 30.3 Å². The van der Waals surface area contributed by atoms with E-state index in [0.29, 0.717) is 37.5 Å². The second-order valence-electron chi connectivity index (χ2n) is 11.8. The largest absolute Gasteiger partial charge is 0.484 e. The summed E-state index contributed by atoms with van der Waals surface area (Å²) >= 11 is 0. The second-order valence-corrected chi connectivity index (χ2v) is 11.8. The number of pyridine rings is 1. The minimum Gasteiger partial charge on any atom is -0.484 e. The van der Waals surface area contributed by atoms with Crippen LogP contribution >= 0.6 is 0 Å². The zero-order valence-corrected chi connectivity index (χ0v) is 22.2. The summed E-state index contributed by atoms with van der Waals surface area (Å²) in [6.45, 7) is 5.31. The SMILES string of the molecule is CC(Oc1ccc2ncc3c(c2c1)CCOC3)/C(N)=C/N(N)C12CC(C)(C1)OC2CNC(=O)C1CC(F)(F)C1. The maximum Gasteiger partial charge on any atom is 0.249 e. The molecule has 9 nitrogen and oxygen atoms in total. The molecular weight excluding hydrogens is 508 g/mol. The molecule has 3 aliphatic heterocycles. The van der Waals surface area contributed by atoms with Crippen LogP contribution in [0.4, 0.5) is 8.78 Å². The molecule has 2 aliphatic carbocycles. The van der Waals surface area contributed by atoms with Crippen molar-refractivity contribution in [3.63, 3.8) is 0 Å². The number of hydrazine groups is 1. The zero-order chi connectivity index (χ0) is 27.6. The predicted molar refractivity (Wildman–Crippen MR) is 139 cm³/mol. The van der Waals surface area contributed by atoms with E-state index >= 15 is 0 Å². The first-order chi connectivity index (χ1) is 18.5. The van der Waals surface area contributed by atoms with Crippen molar-refractivity contribution in [3.05, 3.63) is 47.4 Å². The molecule has 4 fully saturated rings. The average molecular weight is 544 g/mol. The number of aromatic nitrogens is 1. The molecule has 5 aliphatic rings. The standard InChI is InChI=1S/C28H35F2N5O4/c1-16(38-19-3-4-23-21(7-19)20-5-6-37-13-18(20)10-33-23)22(31)12-35(32)27-14-26(2,15-27)39-24(27)11-34-25(36)17-8-28(29,30)9-17/h3-4,7,10,12,16-17,24H,5-6,8-9,11,13-15,31-32H2,1-2H3,(H,34,36)/b22-12-. The molecule has 1 amide bonds. The summed E-state index contributed by atoms with van der Waals surface area (Å²) in [6, 6.07) is 5.81. The number of rotatable bonds is 8. The lowest BCUT2D eigenvalue weighted by Gasteiger charge is -2.48. The number of amides is 1. The Kier molecular flexibility index (Phi) is 6.24. The molecule has 11 heteroatoms. The first kappa shape index (κ1) is 26.2. The van der Waals surface area contributed by atoms with Gasteiger partial charge in [0.1, 0.15) is 18.0 Å². The second kappa shape index (κ2) is 9.28. The number of fused-ring (bicyclic) bond motifs is 4. The van der Waals surface area contributed by atoms with E-state index in [-0.39, 0.29) is 24.2 Å². The van der Waals surface area contributed by atoms with Gasteiger partial charge in [-0.05, 0) is 49.6 Å². The smallest absolute Gasteiger partial charge is 0.249 e. The number of nitrogens with zero attached hydrogens (tertiary/aromatic N) is 2. The molecule has 0 radical (unpaired) electrons. The van der Waals surface area contributed by atoms with Crippen molar-refractivity contribution in [2.24, 2.45) is 17.5 Å². The summed E-state index contributed by atoms with van der Waals surface area (Å²) in [5, 5.41) is 5.42. The van der Waals surface area contributed by atoms with E-state index in [1.165, 1.54) is 5.56 Å². The molecule has 4 heterocycles. The van der Waals surface area contributed by atoms with Crippen LogP contribution in [0, 0.1) is 5.92 Å². The number of hydrogen-bond donors (Lipinski definition) is 3. The highest BCUT2D eigenvalue weighted by Crippen LogP contribution is 2.57. The fraction of sp³-hybridized carbons (Fsp3) is 0.571. The molecule has 2 atom stereocenters. The van der Waals surface area contributed by atoms with Crippen molar-refractivity contribution >= 4 is 16.8 Å². The van der Waals surface area contributed by atoms with Crippen molar-refractivity contribution in [1.29, 1.82) is 0 Å². The summed E-state index contributed by atoms with van der Waals surface area (Å²) in [4.78, 5) is 16.9. The highest BCUT2D eigenvalue weighted by atomic mass is 19.3. The van der Waals surface area contributed by atoms with Crippen LogP contribution in [0.3, 0.4) is 0 Å². The van der Waals surface area contributed by atoms with Crippen LogP contribution in [0.15, 0.2) is 36.3 Å². The molecule has 0 spiro atoms. The maximum absolute atomic E-state index is 13.2. The van der Waals surface area contributed by atoms with Crippen molar-refractivity contribution in [2.45, 2.75) is 81.8 Å². The Labute approximate surface area is 225 Å². The molecule has 7 rings (SSSR count). The molecule has 2 bridgehead atoms. The van der Waals surface area contributed by atoms with E-state index in [9.17, 15) is 13.6 Å². The van der Waals surface area contributed by atoms with E-state index in [1.807, 2.05) is 38.2 Å². The van der Waals surface area contributed by atoms with Crippen molar-refractivity contribution in [2.75, 3.05) is 13.2 Å². The number of benzene rings is 1. The summed E-state index contributed by atoms with van der Waals surface area (Å²) in [6.07, 6.45) is 4.05. The minimum atomic E-state index is -2.74. The number of ether oxygens (including phenoxy) is 3. The Morgan fingerprint density at radius 3 is 2.87 bits per heavy atom. The monoisotopic (exact) mass is 543 g/mol. The van der Waals surface area contributed by atoms with Crippen LogP contribution in [-0.4, -0.2) is 58.3 Å². The molecular formula is C28H35F2N5O4. The Balaban J connectivity index is 1.12. The van der Waals surface area contributed by atoms with Crippen LogP contribution in [0.25, 0.3) is 10.9 Å². The van der Waals surface area contributed by atoms with Gasteiger partial charge in [-0.15, -0.1) is 0 Å². The molecule has 1 aromatic carbocycles. The van der Waals surface area contributed by atoms with Gasteiger partial charge in [0, 0.05) is 55.9 Å². The predicted octanol–water partition coefficient (Wildman–Crippen LogP) is 2.90. The van der Waals surface area contributed by atoms with E-state index in [4.69, 9.17) is 25.8 Å². The number of carbonyl (C=O) groups is 1. The van der Waals surface area contributed by atoms with Crippen LogP contribution in [0.2, 0.25) is 0 Å². The molecule has 210 valence electrons. The van der Waals surface area contributed by atoms with Gasteiger partial charge in [0.05, 0.1) is 35.6 Å². The summed E-state index contributed by atoms with van der Waals surface area (Å²) in [7, 11) is 0. The molecule has 1 aromatic heterocycles. The topological polar surface area (TPSA) is 125 Å². The molecule has 5 N–H and O–H groups in total. The highest BCUT2D eigenvalue weighted by Gasteiger charge is 2.67. The van der Waals surface area contributed by atoms with Crippen LogP contribution < -0.4 is 21.6 Å². The maximum atomic E-state index is 13.2. The minimum absolute atomic E-state index is 0.199. The average Bonchev–Trinajstić information content (AvgIpc) is 3.33. The number of nitrogens with two attached hydrogens (primary N) is 2. The number of alkyl halides is 2. The van der Waals surface area contributed by atoms with E-state index in [1.54, 1.807) is 11.2 Å². The van der Waals surface area contributed by atoms with Gasteiger partial charge in [-0.25, -0.2) is 14.6 Å². The zero-order valence-electron chi connectivity index (χ0n) is 22.2. The quantitative estimate of drug-likeness (QED) is 0.343. The Morgan fingerprint density at radius 2 is 2.13 bits per heavy atom. The van der Waals surface area contributed by atoms with E-state index < -0.39 is 36.3 Å². The Morgan fingerprint density at radius 1 is 1.36 bits per heavy atom. The van der Waals surface area contributed by atoms with Crippen LogP contribution in [0.1, 0.15) is 50.7 Å². The lowest BCUT2D eigenvalue weighted by molar-refractivity contribution is -0.150. The Hall–Kier alpha value is -3.02. The van der Waals surface area contributed by atoms with Crippen molar-refractivity contribution in [3.8, 4) is 5.75 Å². The highest BCUT2D eigenvalue weighted by molar-refractivity contribution is 5.84. The van der Waals surface area contributed by atoms with Gasteiger partial charge in [0.15, 0.2) is 0 Å². The lowest BCUT2D eigenvalue weighted by Crippen LogP contribution is -2.63. The summed E-state index contributed by atoms with van der Waals surface area (Å²) in [5.41, 5.74) is 9.21. The summed E-state index contributed by atoms with van der Waals surface area (Å²) in [5.74, 6) is 3.45. The molecule has 2 aromatic rings. The van der Waals surface area contributed by atoms with Crippen molar-refractivity contribution < 1.29 is 27.8 Å². The van der Waals surface area contributed by atoms with Gasteiger partial charge in [0.2, 0.25) is 11.8 Å². The summed E-state index contributed by atoms with van der Waals surface area (Å²) < 4.78 is 44.3. The van der Waals surface area contributed by atoms with E-state index in [2.05, 4.69) is 10.3 Å². The third-order valence-electron chi connectivity index (χ3n) is 8.69. The fourth-order valence-electron chi connectivity index (χ4n) is 6.56. The first-order valence-electron chi connectivity index (χ1n) is 13.5.